The molecule has 4 aromatic rings. The molecule has 12 heteroatoms. The Morgan fingerprint density at radius 2 is 2.05 bits per heavy atom. The zero-order chi connectivity index (χ0) is 26.6. The Bertz CT molecular complexity index is 1520. The molecule has 38 heavy (non-hydrogen) atoms. The van der Waals surface area contributed by atoms with E-state index in [0.717, 1.165) is 18.5 Å². The van der Waals surface area contributed by atoms with Gasteiger partial charge in [0.25, 0.3) is 5.56 Å². The molecule has 1 saturated carbocycles. The summed E-state index contributed by atoms with van der Waals surface area (Å²) in [7, 11) is 1.79. The van der Waals surface area contributed by atoms with E-state index in [0.29, 0.717) is 54.0 Å². The highest BCUT2D eigenvalue weighted by Crippen LogP contribution is 2.30. The fourth-order valence-electron chi connectivity index (χ4n) is 4.58. The van der Waals surface area contributed by atoms with Gasteiger partial charge >= 0.3 is 5.97 Å². The minimum absolute atomic E-state index is 0.144. The predicted octanol–water partition coefficient (Wildman–Crippen LogP) is 2.76. The molecule has 0 radical (unpaired) electrons. The first kappa shape index (κ1) is 25.1. The van der Waals surface area contributed by atoms with Crippen LogP contribution >= 0.6 is 0 Å². The Morgan fingerprint density at radius 3 is 2.84 bits per heavy atom. The molecule has 1 aliphatic carbocycles. The monoisotopic (exact) mass is 516 g/mol. The first-order valence-corrected chi connectivity index (χ1v) is 12.4. The summed E-state index contributed by atoms with van der Waals surface area (Å²) in [6.45, 7) is 2.18. The first-order valence-electron chi connectivity index (χ1n) is 12.4. The van der Waals surface area contributed by atoms with Gasteiger partial charge in [-0.05, 0) is 56.9 Å². The molecule has 2 atom stereocenters. The average molecular weight is 517 g/mol. The number of nitrogens with zero attached hydrogens (tertiary/aromatic N) is 7. The molecule has 1 aliphatic rings. The molecule has 0 unspecified atom stereocenters. The van der Waals surface area contributed by atoms with Crippen LogP contribution in [0, 0.1) is 12.8 Å². The highest BCUT2D eigenvalue weighted by atomic mass is 16.5. The lowest BCUT2D eigenvalue weighted by molar-refractivity contribution is -0.143. The number of carbonyl (C=O) groups is 1. The highest BCUT2D eigenvalue weighted by molar-refractivity contribution is 5.70. The molecule has 4 heterocycles. The number of anilines is 1. The van der Waals surface area contributed by atoms with E-state index >= 15 is 0 Å². The second-order valence-corrected chi connectivity index (χ2v) is 9.23. The number of carboxylic acids is 1. The number of pyridine rings is 2. The Labute approximate surface area is 218 Å². The molecule has 5 rings (SSSR count). The molecule has 0 aliphatic heterocycles. The van der Waals surface area contributed by atoms with Crippen molar-refractivity contribution >= 4 is 11.9 Å². The number of carboxylic acid groups (broad SMARTS) is 1. The zero-order valence-corrected chi connectivity index (χ0v) is 21.1. The normalized spacial score (nSPS) is 17.2. The van der Waals surface area contributed by atoms with Crippen molar-refractivity contribution in [3.05, 3.63) is 70.5 Å². The Hall–Kier alpha value is -4.61. The van der Waals surface area contributed by atoms with E-state index in [1.807, 2.05) is 19.1 Å². The molecule has 0 bridgehead atoms. The van der Waals surface area contributed by atoms with Crippen molar-refractivity contribution in [1.82, 2.24) is 34.5 Å². The number of rotatable bonds is 8. The summed E-state index contributed by atoms with van der Waals surface area (Å²) >= 11 is 0. The standard InChI is InChI=1S/C26H28N8O4/c1-16-21(38-18-7-5-6-17(14-18)25(36)37)10-9-19(29-16)24-20(33(2)32-31-24)15-28-26-27-12-11-22(30-26)34-13-4-3-8-23(34)35/h3-4,8-13,17-18H,5-7,14-15H2,1-2H3,(H,36,37)(H,27,28,30)/t17-,18-/m0/s1. The van der Waals surface area contributed by atoms with Crippen molar-refractivity contribution in [3.8, 4) is 23.0 Å². The molecule has 0 saturated heterocycles. The first-order chi connectivity index (χ1) is 18.4. The van der Waals surface area contributed by atoms with Crippen LogP contribution in [0.15, 0.2) is 53.6 Å². The van der Waals surface area contributed by atoms with Crippen LogP contribution in [0.1, 0.15) is 37.1 Å². The topological polar surface area (TPSA) is 150 Å². The van der Waals surface area contributed by atoms with E-state index in [1.165, 1.54) is 10.6 Å². The predicted molar refractivity (Wildman–Crippen MR) is 138 cm³/mol. The fraction of sp³-hybridized carbons (Fsp3) is 0.346. The molecule has 12 nitrogen and oxygen atoms in total. The Morgan fingerprint density at radius 1 is 1.18 bits per heavy atom. The summed E-state index contributed by atoms with van der Waals surface area (Å²) < 4.78 is 9.23. The van der Waals surface area contributed by atoms with E-state index < -0.39 is 5.97 Å². The van der Waals surface area contributed by atoms with Crippen LogP contribution < -0.4 is 15.6 Å². The van der Waals surface area contributed by atoms with Crippen LogP contribution in [0.25, 0.3) is 17.2 Å². The van der Waals surface area contributed by atoms with Gasteiger partial charge in [0.05, 0.1) is 35.6 Å². The molecule has 0 amide bonds. The van der Waals surface area contributed by atoms with Gasteiger partial charge in [-0.3, -0.25) is 14.2 Å². The molecule has 1 fully saturated rings. The summed E-state index contributed by atoms with van der Waals surface area (Å²) in [5, 5.41) is 21.0. The fourth-order valence-corrected chi connectivity index (χ4v) is 4.58. The second-order valence-electron chi connectivity index (χ2n) is 9.23. The third-order valence-electron chi connectivity index (χ3n) is 6.62. The SMILES string of the molecule is Cc1nc(-c2nnn(C)c2CNc2nccc(-n3ccccc3=O)n2)ccc1O[C@H]1CCC[C@H](C(=O)O)C1. The van der Waals surface area contributed by atoms with Gasteiger partial charge in [0.15, 0.2) is 0 Å². The van der Waals surface area contributed by atoms with Crippen molar-refractivity contribution in [2.45, 2.75) is 45.3 Å². The maximum Gasteiger partial charge on any atom is 0.306 e. The van der Waals surface area contributed by atoms with Crippen molar-refractivity contribution in [3.63, 3.8) is 0 Å². The quantitative estimate of drug-likeness (QED) is 0.358. The summed E-state index contributed by atoms with van der Waals surface area (Å²) in [6, 6.07) is 10.2. The number of aromatic nitrogens is 7. The summed E-state index contributed by atoms with van der Waals surface area (Å²) in [4.78, 5) is 37.0. The smallest absolute Gasteiger partial charge is 0.306 e. The summed E-state index contributed by atoms with van der Waals surface area (Å²) in [6.07, 6.45) is 5.94. The Kier molecular flexibility index (Phi) is 7.11. The maximum absolute atomic E-state index is 12.1. The number of hydrogen-bond donors (Lipinski definition) is 2. The molecular formula is C26H28N8O4. The van der Waals surface area contributed by atoms with E-state index in [2.05, 4.69) is 25.6 Å². The largest absolute Gasteiger partial charge is 0.489 e. The van der Waals surface area contributed by atoms with E-state index in [4.69, 9.17) is 9.72 Å². The molecule has 4 aromatic heterocycles. The number of nitrogens with one attached hydrogen (secondary N) is 1. The number of ether oxygens (including phenoxy) is 1. The lowest BCUT2D eigenvalue weighted by Crippen LogP contribution is -2.29. The van der Waals surface area contributed by atoms with Gasteiger partial charge in [-0.1, -0.05) is 11.3 Å². The van der Waals surface area contributed by atoms with Crippen molar-refractivity contribution < 1.29 is 14.6 Å². The molecule has 2 N–H and O–H groups in total. The van der Waals surface area contributed by atoms with Crippen molar-refractivity contribution in [2.75, 3.05) is 5.32 Å². The summed E-state index contributed by atoms with van der Waals surface area (Å²) in [5.41, 5.74) is 2.52. The summed E-state index contributed by atoms with van der Waals surface area (Å²) in [5.74, 6) is 0.310. The van der Waals surface area contributed by atoms with E-state index in [1.54, 1.807) is 42.3 Å². The van der Waals surface area contributed by atoms with Gasteiger partial charge in [0.2, 0.25) is 5.95 Å². The second kappa shape index (κ2) is 10.8. The van der Waals surface area contributed by atoms with Crippen LogP contribution in [0.2, 0.25) is 0 Å². The minimum atomic E-state index is -0.765. The lowest BCUT2D eigenvalue weighted by atomic mass is 9.87. The van der Waals surface area contributed by atoms with Crippen LogP contribution in [-0.2, 0) is 18.4 Å². The van der Waals surface area contributed by atoms with Crippen molar-refractivity contribution in [1.29, 1.82) is 0 Å². The molecule has 0 spiro atoms. The van der Waals surface area contributed by atoms with E-state index in [-0.39, 0.29) is 17.6 Å². The number of hydrogen-bond acceptors (Lipinski definition) is 9. The average Bonchev–Trinajstić information content (AvgIpc) is 3.29. The lowest BCUT2D eigenvalue weighted by Gasteiger charge is -2.27. The third kappa shape index (κ3) is 5.38. The van der Waals surface area contributed by atoms with Crippen LogP contribution in [-0.4, -0.2) is 51.7 Å². The molecule has 0 aromatic carbocycles. The Balaban J connectivity index is 1.31. The molecular weight excluding hydrogens is 488 g/mol. The van der Waals surface area contributed by atoms with Gasteiger partial charge in [-0.25, -0.2) is 14.6 Å². The van der Waals surface area contributed by atoms with Gasteiger partial charge in [0, 0.05) is 25.5 Å². The van der Waals surface area contributed by atoms with Crippen LogP contribution in [0.4, 0.5) is 5.95 Å². The van der Waals surface area contributed by atoms with Crippen LogP contribution in [0.5, 0.6) is 5.75 Å². The van der Waals surface area contributed by atoms with E-state index in [9.17, 15) is 14.7 Å². The minimum Gasteiger partial charge on any atom is -0.489 e. The van der Waals surface area contributed by atoms with Gasteiger partial charge < -0.3 is 15.2 Å². The number of aliphatic carboxylic acids is 1. The molecule has 196 valence electrons. The zero-order valence-electron chi connectivity index (χ0n) is 21.1. The van der Waals surface area contributed by atoms with Crippen molar-refractivity contribution in [2.24, 2.45) is 13.0 Å². The van der Waals surface area contributed by atoms with Gasteiger partial charge in [-0.15, -0.1) is 5.10 Å². The third-order valence-corrected chi connectivity index (χ3v) is 6.62. The van der Waals surface area contributed by atoms with Gasteiger partial charge in [0.1, 0.15) is 17.3 Å². The highest BCUT2D eigenvalue weighted by Gasteiger charge is 2.28. The van der Waals surface area contributed by atoms with Gasteiger partial charge in [-0.2, -0.15) is 4.98 Å². The number of aryl methyl sites for hydroxylation is 2. The maximum atomic E-state index is 12.1. The van der Waals surface area contributed by atoms with Crippen LogP contribution in [0.3, 0.4) is 0 Å².